The maximum atomic E-state index is 12.3. The van der Waals surface area contributed by atoms with Crippen molar-refractivity contribution in [1.29, 1.82) is 0 Å². The highest BCUT2D eigenvalue weighted by molar-refractivity contribution is 5.95. The predicted octanol–water partition coefficient (Wildman–Crippen LogP) is 3.48. The highest BCUT2D eigenvalue weighted by Gasteiger charge is 2.17. The van der Waals surface area contributed by atoms with Gasteiger partial charge in [0.1, 0.15) is 5.75 Å². The normalized spacial score (nSPS) is 14.6. The van der Waals surface area contributed by atoms with Gasteiger partial charge in [-0.15, -0.1) is 0 Å². The van der Waals surface area contributed by atoms with Crippen molar-refractivity contribution in [3.05, 3.63) is 95.6 Å². The van der Waals surface area contributed by atoms with Gasteiger partial charge in [-0.2, -0.15) is 5.10 Å². The van der Waals surface area contributed by atoms with Gasteiger partial charge in [0.2, 0.25) is 0 Å². The van der Waals surface area contributed by atoms with E-state index in [0.717, 1.165) is 32.7 Å². The van der Waals surface area contributed by atoms with Crippen molar-refractivity contribution in [1.82, 2.24) is 10.3 Å². The lowest BCUT2D eigenvalue weighted by molar-refractivity contribution is 0.0955. The third kappa shape index (κ3) is 5.49. The average Bonchev–Trinajstić information content (AvgIpc) is 2.82. The summed E-state index contributed by atoms with van der Waals surface area (Å²) in [6.45, 7) is 4.92. The van der Waals surface area contributed by atoms with Crippen LogP contribution in [-0.4, -0.2) is 48.3 Å². The first kappa shape index (κ1) is 20.6. The van der Waals surface area contributed by atoms with Gasteiger partial charge in [0.15, 0.2) is 0 Å². The van der Waals surface area contributed by atoms with E-state index in [1.165, 1.54) is 17.5 Å². The van der Waals surface area contributed by atoms with Crippen molar-refractivity contribution in [2.24, 2.45) is 5.10 Å². The second-order valence-corrected chi connectivity index (χ2v) is 7.55. The van der Waals surface area contributed by atoms with E-state index in [0.29, 0.717) is 11.1 Å². The van der Waals surface area contributed by atoms with Gasteiger partial charge in [0.05, 0.1) is 6.21 Å². The van der Waals surface area contributed by atoms with E-state index in [9.17, 15) is 9.90 Å². The minimum absolute atomic E-state index is 0.120. The molecule has 158 valence electrons. The number of hydrogen-bond acceptors (Lipinski definition) is 5. The highest BCUT2D eigenvalue weighted by Crippen LogP contribution is 2.17. The molecule has 0 radical (unpaired) electrons. The summed E-state index contributed by atoms with van der Waals surface area (Å²) in [7, 11) is 0. The molecule has 0 aromatic heterocycles. The summed E-state index contributed by atoms with van der Waals surface area (Å²) < 4.78 is 0. The molecule has 6 heteroatoms. The lowest BCUT2D eigenvalue weighted by Gasteiger charge is -2.36. The lowest BCUT2D eigenvalue weighted by atomic mass is 10.1. The van der Waals surface area contributed by atoms with Crippen molar-refractivity contribution < 1.29 is 9.90 Å². The summed E-state index contributed by atoms with van der Waals surface area (Å²) in [6.07, 6.45) is 1.43. The fourth-order valence-electron chi connectivity index (χ4n) is 3.64. The largest absolute Gasteiger partial charge is 0.507 e. The molecule has 0 atom stereocenters. The fraction of sp³-hybridized carbons (Fsp3) is 0.200. The topological polar surface area (TPSA) is 68.2 Å². The number of aromatic hydroxyl groups is 1. The molecule has 0 saturated carbocycles. The van der Waals surface area contributed by atoms with Gasteiger partial charge < -0.3 is 10.0 Å². The number of phenols is 1. The Morgan fingerprint density at radius 1 is 0.903 bits per heavy atom. The molecule has 3 aromatic carbocycles. The van der Waals surface area contributed by atoms with E-state index in [-0.39, 0.29) is 11.7 Å². The third-order valence-electron chi connectivity index (χ3n) is 5.42. The number of nitrogens with one attached hydrogen (secondary N) is 1. The Morgan fingerprint density at radius 3 is 2.29 bits per heavy atom. The van der Waals surface area contributed by atoms with E-state index < -0.39 is 0 Å². The van der Waals surface area contributed by atoms with Gasteiger partial charge in [-0.1, -0.05) is 42.5 Å². The molecule has 1 amide bonds. The Morgan fingerprint density at radius 2 is 1.58 bits per heavy atom. The number of carbonyl (C=O) groups excluding carboxylic acids is 1. The van der Waals surface area contributed by atoms with E-state index >= 15 is 0 Å². The minimum Gasteiger partial charge on any atom is -0.507 e. The standard InChI is InChI=1S/C25H26N4O2/c30-24-9-5-4-6-22(24)18-26-27-25(31)21-12-10-20(11-13-21)19-28-14-16-29(17-15-28)23-7-2-1-3-8-23/h1-13,18,30H,14-17,19H2,(H,27,31). The van der Waals surface area contributed by atoms with E-state index in [1.54, 1.807) is 24.3 Å². The second kappa shape index (κ2) is 9.91. The zero-order chi connectivity index (χ0) is 21.5. The van der Waals surface area contributed by atoms with Crippen LogP contribution in [0.1, 0.15) is 21.5 Å². The van der Waals surface area contributed by atoms with Crippen LogP contribution in [0.5, 0.6) is 5.75 Å². The van der Waals surface area contributed by atoms with Crippen LogP contribution in [-0.2, 0) is 6.54 Å². The molecular weight excluding hydrogens is 388 g/mol. The molecule has 1 aliphatic rings. The number of carbonyl (C=O) groups is 1. The first-order valence-electron chi connectivity index (χ1n) is 10.4. The number of rotatable bonds is 6. The lowest BCUT2D eigenvalue weighted by Crippen LogP contribution is -2.45. The number of nitrogens with zero attached hydrogens (tertiary/aromatic N) is 3. The van der Waals surface area contributed by atoms with Crippen LogP contribution in [0.2, 0.25) is 0 Å². The SMILES string of the molecule is O=C(NN=Cc1ccccc1O)c1ccc(CN2CCN(c3ccccc3)CC2)cc1. The number of para-hydroxylation sites is 2. The van der Waals surface area contributed by atoms with Gasteiger partial charge in [-0.3, -0.25) is 9.69 Å². The van der Waals surface area contributed by atoms with Gasteiger partial charge in [-0.25, -0.2) is 5.43 Å². The monoisotopic (exact) mass is 414 g/mol. The summed E-state index contributed by atoms with van der Waals surface area (Å²) >= 11 is 0. The molecule has 4 rings (SSSR count). The number of hydrazone groups is 1. The molecule has 0 unspecified atom stereocenters. The van der Waals surface area contributed by atoms with Gasteiger partial charge >= 0.3 is 0 Å². The number of amides is 1. The number of anilines is 1. The van der Waals surface area contributed by atoms with Crippen LogP contribution >= 0.6 is 0 Å². The summed E-state index contributed by atoms with van der Waals surface area (Å²) in [5, 5.41) is 13.6. The summed E-state index contributed by atoms with van der Waals surface area (Å²) in [5.41, 5.74) is 6.06. The molecule has 1 heterocycles. The molecule has 0 bridgehead atoms. The molecule has 6 nitrogen and oxygen atoms in total. The van der Waals surface area contributed by atoms with Crippen LogP contribution in [0.4, 0.5) is 5.69 Å². The summed E-state index contributed by atoms with van der Waals surface area (Å²) in [4.78, 5) is 17.1. The van der Waals surface area contributed by atoms with Gasteiger partial charge in [0, 0.05) is 49.5 Å². The molecule has 0 aliphatic carbocycles. The maximum absolute atomic E-state index is 12.3. The Hall–Kier alpha value is -3.64. The van der Waals surface area contributed by atoms with Crippen LogP contribution in [0, 0.1) is 0 Å². The number of piperazine rings is 1. The van der Waals surface area contributed by atoms with Gasteiger partial charge in [0.25, 0.3) is 5.91 Å². The summed E-state index contributed by atoms with van der Waals surface area (Å²) in [5.74, 6) is -0.163. The maximum Gasteiger partial charge on any atom is 0.271 e. The number of phenolic OH excluding ortho intramolecular Hbond substituents is 1. The Kier molecular flexibility index (Phi) is 6.59. The molecule has 1 saturated heterocycles. The molecule has 1 aliphatic heterocycles. The first-order valence-corrected chi connectivity index (χ1v) is 10.4. The van der Waals surface area contributed by atoms with Crippen molar-refractivity contribution >= 4 is 17.8 Å². The van der Waals surface area contributed by atoms with Crippen LogP contribution < -0.4 is 10.3 Å². The Labute approximate surface area is 182 Å². The second-order valence-electron chi connectivity index (χ2n) is 7.55. The van der Waals surface area contributed by atoms with Crippen molar-refractivity contribution in [2.75, 3.05) is 31.1 Å². The quantitative estimate of drug-likeness (QED) is 0.479. The molecule has 3 aromatic rings. The third-order valence-corrected chi connectivity index (χ3v) is 5.42. The Bertz CT molecular complexity index is 1030. The predicted molar refractivity (Wildman–Crippen MR) is 124 cm³/mol. The smallest absolute Gasteiger partial charge is 0.271 e. The zero-order valence-corrected chi connectivity index (χ0v) is 17.3. The van der Waals surface area contributed by atoms with Crippen molar-refractivity contribution in [3.8, 4) is 5.75 Å². The first-order chi connectivity index (χ1) is 15.2. The van der Waals surface area contributed by atoms with Gasteiger partial charge in [-0.05, 0) is 42.0 Å². The zero-order valence-electron chi connectivity index (χ0n) is 17.3. The minimum atomic E-state index is -0.283. The molecule has 31 heavy (non-hydrogen) atoms. The number of benzene rings is 3. The Balaban J connectivity index is 1.26. The van der Waals surface area contributed by atoms with E-state index in [4.69, 9.17) is 0 Å². The van der Waals surface area contributed by atoms with Crippen molar-refractivity contribution in [2.45, 2.75) is 6.54 Å². The van der Waals surface area contributed by atoms with Crippen molar-refractivity contribution in [3.63, 3.8) is 0 Å². The van der Waals surface area contributed by atoms with E-state index in [1.807, 2.05) is 30.3 Å². The highest BCUT2D eigenvalue weighted by atomic mass is 16.3. The summed E-state index contributed by atoms with van der Waals surface area (Å²) in [6, 6.07) is 25.0. The van der Waals surface area contributed by atoms with E-state index in [2.05, 4.69) is 44.6 Å². The molecule has 2 N–H and O–H groups in total. The average molecular weight is 415 g/mol. The fourth-order valence-corrected chi connectivity index (χ4v) is 3.64. The molecule has 0 spiro atoms. The number of hydrogen-bond donors (Lipinski definition) is 2. The van der Waals surface area contributed by atoms with Crippen LogP contribution in [0.15, 0.2) is 84.0 Å². The molecule has 1 fully saturated rings. The molecular formula is C25H26N4O2. The van der Waals surface area contributed by atoms with Crippen LogP contribution in [0.3, 0.4) is 0 Å². The van der Waals surface area contributed by atoms with Crippen LogP contribution in [0.25, 0.3) is 0 Å².